The van der Waals surface area contributed by atoms with Gasteiger partial charge in [0.15, 0.2) is 0 Å². The van der Waals surface area contributed by atoms with E-state index in [4.69, 9.17) is 0 Å². The predicted molar refractivity (Wildman–Crippen MR) is 41.0 cm³/mol. The van der Waals surface area contributed by atoms with Gasteiger partial charge in [0.25, 0.3) is 6.43 Å². The summed E-state index contributed by atoms with van der Waals surface area (Å²) >= 11 is 0. The molecule has 1 atom stereocenters. The molecule has 1 rings (SSSR count). The smallest absolute Gasteiger partial charge is 0.287 e. The zero-order valence-electron chi connectivity index (χ0n) is 7.10. The van der Waals surface area contributed by atoms with Crippen LogP contribution in [0.2, 0.25) is 0 Å². The van der Waals surface area contributed by atoms with Crippen molar-refractivity contribution in [2.45, 2.75) is 38.4 Å². The highest BCUT2D eigenvalue weighted by molar-refractivity contribution is 5.79. The van der Waals surface area contributed by atoms with Gasteiger partial charge in [-0.3, -0.25) is 4.79 Å². The molecule has 2 nitrogen and oxygen atoms in total. The molecule has 76 valence electrons. The molecular weight excluding hydrogens is 183 g/mol. The van der Waals surface area contributed by atoms with Crippen LogP contribution in [-0.2, 0) is 4.79 Å². The normalized spacial score (nSPS) is 20.6. The molecule has 5 heteroatoms. The molecule has 0 aromatic heterocycles. The molecule has 0 radical (unpaired) electrons. The highest BCUT2D eigenvalue weighted by Crippen LogP contribution is 2.24. The molecular formula is C8H12F3NO. The van der Waals surface area contributed by atoms with Gasteiger partial charge in [-0.1, -0.05) is 12.8 Å². The van der Waals surface area contributed by atoms with Crippen molar-refractivity contribution in [3.05, 3.63) is 0 Å². The molecule has 0 spiro atoms. The minimum Gasteiger partial charge on any atom is -0.322 e. The lowest BCUT2D eigenvalue weighted by Gasteiger charge is -2.13. The average molecular weight is 195 g/mol. The predicted octanol–water partition coefficient (Wildman–Crippen LogP) is 1.85. The molecule has 1 N–H and O–H groups in total. The Morgan fingerprint density at radius 3 is 2.23 bits per heavy atom. The highest BCUT2D eigenvalue weighted by Gasteiger charge is 2.27. The van der Waals surface area contributed by atoms with E-state index >= 15 is 0 Å². The highest BCUT2D eigenvalue weighted by atomic mass is 19.3. The Bertz CT molecular complexity index is 180. The largest absolute Gasteiger partial charge is 0.322 e. The van der Waals surface area contributed by atoms with Crippen molar-refractivity contribution in [3.8, 4) is 0 Å². The molecule has 0 bridgehead atoms. The van der Waals surface area contributed by atoms with Crippen molar-refractivity contribution in [2.24, 2.45) is 5.92 Å². The van der Waals surface area contributed by atoms with E-state index in [1.165, 1.54) is 0 Å². The van der Waals surface area contributed by atoms with Crippen molar-refractivity contribution < 1.29 is 18.0 Å². The summed E-state index contributed by atoms with van der Waals surface area (Å²) in [6, 6.07) is 0. The van der Waals surface area contributed by atoms with Gasteiger partial charge in [0.05, 0.1) is 0 Å². The SMILES string of the molecule is O=C(NC(F)C(F)F)C1CCCC1. The summed E-state index contributed by atoms with van der Waals surface area (Å²) < 4.78 is 35.7. The first-order chi connectivity index (χ1) is 6.11. The standard InChI is InChI=1S/C8H12F3NO/c9-6(10)7(11)12-8(13)5-3-1-2-4-5/h5-7H,1-4H2,(H,12,13). The number of nitrogens with one attached hydrogen (secondary N) is 1. The zero-order valence-corrected chi connectivity index (χ0v) is 7.10. The number of amides is 1. The number of alkyl halides is 3. The Morgan fingerprint density at radius 2 is 1.77 bits per heavy atom. The maximum Gasteiger partial charge on any atom is 0.287 e. The fraction of sp³-hybridized carbons (Fsp3) is 0.875. The van der Waals surface area contributed by atoms with Gasteiger partial charge in [-0.25, -0.2) is 13.2 Å². The second-order valence-corrected chi connectivity index (χ2v) is 3.23. The van der Waals surface area contributed by atoms with Gasteiger partial charge in [0.1, 0.15) is 0 Å². The summed E-state index contributed by atoms with van der Waals surface area (Å²) in [5.41, 5.74) is 0. The number of halogens is 3. The van der Waals surface area contributed by atoms with Crippen LogP contribution >= 0.6 is 0 Å². The summed E-state index contributed by atoms with van der Waals surface area (Å²) in [6.45, 7) is 0. The van der Waals surface area contributed by atoms with Crippen LogP contribution in [0.15, 0.2) is 0 Å². The fourth-order valence-electron chi connectivity index (χ4n) is 1.50. The van der Waals surface area contributed by atoms with Gasteiger partial charge >= 0.3 is 0 Å². The van der Waals surface area contributed by atoms with Gasteiger partial charge in [0.2, 0.25) is 12.2 Å². The molecule has 0 saturated heterocycles. The van der Waals surface area contributed by atoms with E-state index in [0.717, 1.165) is 12.8 Å². The lowest BCUT2D eigenvalue weighted by atomic mass is 10.1. The zero-order chi connectivity index (χ0) is 9.84. The maximum absolute atomic E-state index is 12.3. The second-order valence-electron chi connectivity index (χ2n) is 3.23. The van der Waals surface area contributed by atoms with Crippen molar-refractivity contribution in [1.82, 2.24) is 5.32 Å². The van der Waals surface area contributed by atoms with E-state index in [-0.39, 0.29) is 5.92 Å². The van der Waals surface area contributed by atoms with E-state index in [1.54, 1.807) is 5.32 Å². The molecule has 1 saturated carbocycles. The summed E-state index contributed by atoms with van der Waals surface area (Å²) in [6.07, 6.45) is -2.45. The summed E-state index contributed by atoms with van der Waals surface area (Å²) in [7, 11) is 0. The monoisotopic (exact) mass is 195 g/mol. The molecule has 1 aliphatic carbocycles. The van der Waals surface area contributed by atoms with E-state index in [9.17, 15) is 18.0 Å². The molecule has 0 heterocycles. The van der Waals surface area contributed by atoms with E-state index < -0.39 is 18.6 Å². The van der Waals surface area contributed by atoms with Crippen LogP contribution in [0, 0.1) is 5.92 Å². The summed E-state index contributed by atoms with van der Waals surface area (Å²) in [4.78, 5) is 11.1. The number of rotatable bonds is 3. The first-order valence-corrected chi connectivity index (χ1v) is 4.34. The topological polar surface area (TPSA) is 29.1 Å². The maximum atomic E-state index is 12.3. The quantitative estimate of drug-likeness (QED) is 0.684. The Labute approximate surface area is 74.5 Å². The fourth-order valence-corrected chi connectivity index (χ4v) is 1.50. The molecule has 1 unspecified atom stereocenters. The minimum absolute atomic E-state index is 0.267. The van der Waals surface area contributed by atoms with Gasteiger partial charge < -0.3 is 5.32 Å². The summed E-state index contributed by atoms with van der Waals surface area (Å²) in [5, 5.41) is 1.67. The van der Waals surface area contributed by atoms with Crippen molar-refractivity contribution >= 4 is 5.91 Å². The first kappa shape index (κ1) is 10.3. The Hall–Kier alpha value is -0.740. The van der Waals surface area contributed by atoms with Crippen molar-refractivity contribution in [3.63, 3.8) is 0 Å². The average Bonchev–Trinajstić information content (AvgIpc) is 2.55. The number of hydrogen-bond acceptors (Lipinski definition) is 1. The van der Waals surface area contributed by atoms with Crippen LogP contribution in [-0.4, -0.2) is 18.6 Å². The number of carbonyl (C=O) groups excluding carboxylic acids is 1. The van der Waals surface area contributed by atoms with Crippen molar-refractivity contribution in [2.75, 3.05) is 0 Å². The Kier molecular flexibility index (Phi) is 3.57. The van der Waals surface area contributed by atoms with E-state index in [0.29, 0.717) is 12.8 Å². The van der Waals surface area contributed by atoms with Crippen molar-refractivity contribution in [1.29, 1.82) is 0 Å². The lowest BCUT2D eigenvalue weighted by molar-refractivity contribution is -0.128. The molecule has 0 aromatic carbocycles. The minimum atomic E-state index is -3.13. The van der Waals surface area contributed by atoms with Crippen LogP contribution in [0.1, 0.15) is 25.7 Å². The third-order valence-electron chi connectivity index (χ3n) is 2.23. The Morgan fingerprint density at radius 1 is 1.23 bits per heavy atom. The van der Waals surface area contributed by atoms with Crippen LogP contribution < -0.4 is 5.32 Å². The Balaban J connectivity index is 2.31. The van der Waals surface area contributed by atoms with Crippen LogP contribution in [0.3, 0.4) is 0 Å². The third kappa shape index (κ3) is 2.90. The van der Waals surface area contributed by atoms with Crippen LogP contribution in [0.4, 0.5) is 13.2 Å². The summed E-state index contributed by atoms with van der Waals surface area (Å²) in [5.74, 6) is -0.845. The molecule has 1 fully saturated rings. The van der Waals surface area contributed by atoms with Gasteiger partial charge in [-0.15, -0.1) is 0 Å². The lowest BCUT2D eigenvalue weighted by Crippen LogP contribution is -2.39. The number of hydrogen-bond donors (Lipinski definition) is 1. The molecule has 1 aliphatic rings. The van der Waals surface area contributed by atoms with Gasteiger partial charge in [-0.05, 0) is 12.8 Å². The third-order valence-corrected chi connectivity index (χ3v) is 2.23. The molecule has 13 heavy (non-hydrogen) atoms. The van der Waals surface area contributed by atoms with Gasteiger partial charge in [-0.2, -0.15) is 0 Å². The second kappa shape index (κ2) is 4.48. The van der Waals surface area contributed by atoms with E-state index in [2.05, 4.69) is 0 Å². The molecule has 1 amide bonds. The van der Waals surface area contributed by atoms with E-state index in [1.807, 2.05) is 0 Å². The number of carbonyl (C=O) groups is 1. The van der Waals surface area contributed by atoms with Gasteiger partial charge in [0, 0.05) is 5.92 Å². The molecule has 0 aromatic rings. The van der Waals surface area contributed by atoms with Crippen LogP contribution in [0.5, 0.6) is 0 Å². The van der Waals surface area contributed by atoms with Crippen LogP contribution in [0.25, 0.3) is 0 Å². The first-order valence-electron chi connectivity index (χ1n) is 4.34. The molecule has 0 aliphatic heterocycles.